The van der Waals surface area contributed by atoms with Gasteiger partial charge in [0, 0.05) is 18.7 Å². The second kappa shape index (κ2) is 5.78. The standard InChI is InChI=1S/C17H16ClNO2/c1-12-4-2-3-5-16(12)21-15-8-6-14(7-9-15)19-11-13(18)10-17(19)20/h2-9,13H,10-11H2,1H3. The van der Waals surface area contributed by atoms with Crippen molar-refractivity contribution >= 4 is 23.2 Å². The molecule has 0 aliphatic carbocycles. The van der Waals surface area contributed by atoms with Gasteiger partial charge in [0.25, 0.3) is 0 Å². The first-order chi connectivity index (χ1) is 10.1. The summed E-state index contributed by atoms with van der Waals surface area (Å²) >= 11 is 6.02. The number of hydrogen-bond acceptors (Lipinski definition) is 2. The summed E-state index contributed by atoms with van der Waals surface area (Å²) in [4.78, 5) is 13.5. The monoisotopic (exact) mass is 301 g/mol. The normalized spacial score (nSPS) is 18.1. The molecule has 2 aromatic carbocycles. The lowest BCUT2D eigenvalue weighted by molar-refractivity contribution is -0.117. The zero-order valence-electron chi connectivity index (χ0n) is 11.8. The molecule has 0 aromatic heterocycles. The molecule has 1 aliphatic rings. The van der Waals surface area contributed by atoms with Gasteiger partial charge in [0.1, 0.15) is 11.5 Å². The fourth-order valence-corrected chi connectivity index (χ4v) is 2.68. The molecule has 3 rings (SSSR count). The number of rotatable bonds is 3. The van der Waals surface area contributed by atoms with Crippen LogP contribution in [0.5, 0.6) is 11.5 Å². The number of hydrogen-bond donors (Lipinski definition) is 0. The summed E-state index contributed by atoms with van der Waals surface area (Å²) in [5.74, 6) is 1.66. The Morgan fingerprint density at radius 2 is 1.86 bits per heavy atom. The molecule has 1 heterocycles. The first kappa shape index (κ1) is 14.0. The summed E-state index contributed by atoms with van der Waals surface area (Å²) in [7, 11) is 0. The highest BCUT2D eigenvalue weighted by Crippen LogP contribution is 2.29. The van der Waals surface area contributed by atoms with E-state index in [2.05, 4.69) is 0 Å². The Labute approximate surface area is 129 Å². The Morgan fingerprint density at radius 3 is 2.48 bits per heavy atom. The fraction of sp³-hybridized carbons (Fsp3) is 0.235. The van der Waals surface area contributed by atoms with E-state index in [4.69, 9.17) is 16.3 Å². The summed E-state index contributed by atoms with van der Waals surface area (Å²) in [6.45, 7) is 2.57. The number of benzene rings is 2. The molecule has 0 bridgehead atoms. The Hall–Kier alpha value is -2.00. The fourth-order valence-electron chi connectivity index (χ4n) is 2.41. The molecule has 0 spiro atoms. The molecule has 1 aliphatic heterocycles. The Morgan fingerprint density at radius 1 is 1.14 bits per heavy atom. The van der Waals surface area contributed by atoms with Crippen LogP contribution >= 0.6 is 11.6 Å². The van der Waals surface area contributed by atoms with Gasteiger partial charge in [-0.1, -0.05) is 18.2 Å². The van der Waals surface area contributed by atoms with Gasteiger partial charge >= 0.3 is 0 Å². The van der Waals surface area contributed by atoms with Crippen LogP contribution in [0.3, 0.4) is 0 Å². The number of amides is 1. The van der Waals surface area contributed by atoms with Crippen molar-refractivity contribution in [1.82, 2.24) is 0 Å². The van der Waals surface area contributed by atoms with Crippen LogP contribution < -0.4 is 9.64 Å². The molecule has 108 valence electrons. The molecule has 1 fully saturated rings. The van der Waals surface area contributed by atoms with Crippen molar-refractivity contribution in [2.45, 2.75) is 18.7 Å². The van der Waals surface area contributed by atoms with Crippen LogP contribution in [-0.2, 0) is 4.79 Å². The summed E-state index contributed by atoms with van der Waals surface area (Å²) in [6.07, 6.45) is 0.406. The van der Waals surface area contributed by atoms with Crippen molar-refractivity contribution in [1.29, 1.82) is 0 Å². The number of carbonyl (C=O) groups excluding carboxylic acids is 1. The molecule has 0 saturated carbocycles. The summed E-state index contributed by atoms with van der Waals surface area (Å²) in [5, 5.41) is -0.0969. The molecule has 4 heteroatoms. The van der Waals surface area contributed by atoms with Crippen LogP contribution in [-0.4, -0.2) is 17.8 Å². The number of nitrogens with zero attached hydrogens (tertiary/aromatic N) is 1. The molecule has 1 amide bonds. The highest BCUT2D eigenvalue weighted by molar-refractivity contribution is 6.24. The number of carbonyl (C=O) groups is 1. The van der Waals surface area contributed by atoms with Gasteiger partial charge in [-0.3, -0.25) is 4.79 Å². The van der Waals surface area contributed by atoms with Gasteiger partial charge in [-0.15, -0.1) is 11.6 Å². The zero-order valence-corrected chi connectivity index (χ0v) is 12.5. The van der Waals surface area contributed by atoms with E-state index in [0.29, 0.717) is 13.0 Å². The van der Waals surface area contributed by atoms with Crippen LogP contribution in [0.1, 0.15) is 12.0 Å². The first-order valence-electron chi connectivity index (χ1n) is 6.91. The van der Waals surface area contributed by atoms with Crippen LogP contribution in [0, 0.1) is 6.92 Å². The number of para-hydroxylation sites is 1. The van der Waals surface area contributed by atoms with E-state index in [-0.39, 0.29) is 11.3 Å². The lowest BCUT2D eigenvalue weighted by Crippen LogP contribution is -2.24. The molecular formula is C17H16ClNO2. The minimum atomic E-state index is -0.0969. The molecule has 1 unspecified atom stereocenters. The third-order valence-electron chi connectivity index (χ3n) is 3.55. The second-order valence-electron chi connectivity index (χ2n) is 5.17. The van der Waals surface area contributed by atoms with Crippen molar-refractivity contribution < 1.29 is 9.53 Å². The Kier molecular flexibility index (Phi) is 3.84. The summed E-state index contributed by atoms with van der Waals surface area (Å²) in [6, 6.07) is 15.4. The number of anilines is 1. The van der Waals surface area contributed by atoms with E-state index in [0.717, 1.165) is 22.7 Å². The smallest absolute Gasteiger partial charge is 0.228 e. The molecule has 0 N–H and O–H groups in total. The third kappa shape index (κ3) is 3.03. The van der Waals surface area contributed by atoms with Gasteiger partial charge in [0.2, 0.25) is 5.91 Å². The van der Waals surface area contributed by atoms with Gasteiger partial charge in [0.15, 0.2) is 0 Å². The SMILES string of the molecule is Cc1ccccc1Oc1ccc(N2CC(Cl)CC2=O)cc1. The number of aryl methyl sites for hydroxylation is 1. The molecule has 2 aromatic rings. The van der Waals surface area contributed by atoms with E-state index in [1.165, 1.54) is 0 Å². The molecule has 0 radical (unpaired) electrons. The minimum absolute atomic E-state index is 0.0718. The lowest BCUT2D eigenvalue weighted by Gasteiger charge is -2.16. The predicted octanol–water partition coefficient (Wildman–Crippen LogP) is 4.13. The van der Waals surface area contributed by atoms with E-state index in [1.54, 1.807) is 4.90 Å². The van der Waals surface area contributed by atoms with Crippen molar-refractivity contribution in [3.05, 3.63) is 54.1 Å². The maximum atomic E-state index is 11.8. The molecule has 1 saturated heterocycles. The third-order valence-corrected chi connectivity index (χ3v) is 3.84. The maximum absolute atomic E-state index is 11.8. The average Bonchev–Trinajstić information content (AvgIpc) is 2.81. The van der Waals surface area contributed by atoms with Crippen molar-refractivity contribution in [3.8, 4) is 11.5 Å². The number of halogens is 1. The maximum Gasteiger partial charge on any atom is 0.228 e. The molecular weight excluding hydrogens is 286 g/mol. The van der Waals surface area contributed by atoms with Crippen molar-refractivity contribution in [3.63, 3.8) is 0 Å². The van der Waals surface area contributed by atoms with Gasteiger partial charge < -0.3 is 9.64 Å². The van der Waals surface area contributed by atoms with Crippen LogP contribution in [0.4, 0.5) is 5.69 Å². The predicted molar refractivity (Wildman–Crippen MR) is 84.3 cm³/mol. The summed E-state index contributed by atoms with van der Waals surface area (Å²) < 4.78 is 5.85. The number of ether oxygens (including phenoxy) is 1. The van der Waals surface area contributed by atoms with E-state index < -0.39 is 0 Å². The molecule has 3 nitrogen and oxygen atoms in total. The quantitative estimate of drug-likeness (QED) is 0.798. The average molecular weight is 302 g/mol. The van der Waals surface area contributed by atoms with Gasteiger partial charge in [-0.05, 0) is 42.8 Å². The highest BCUT2D eigenvalue weighted by atomic mass is 35.5. The Bertz CT molecular complexity index is 654. The van der Waals surface area contributed by atoms with E-state index >= 15 is 0 Å². The number of alkyl halides is 1. The zero-order chi connectivity index (χ0) is 14.8. The van der Waals surface area contributed by atoms with Crippen LogP contribution in [0.2, 0.25) is 0 Å². The minimum Gasteiger partial charge on any atom is -0.457 e. The molecule has 1 atom stereocenters. The van der Waals surface area contributed by atoms with Gasteiger partial charge in [-0.25, -0.2) is 0 Å². The Balaban J connectivity index is 1.76. The van der Waals surface area contributed by atoms with Gasteiger partial charge in [-0.2, -0.15) is 0 Å². The van der Waals surface area contributed by atoms with Crippen LogP contribution in [0.25, 0.3) is 0 Å². The molecule has 21 heavy (non-hydrogen) atoms. The highest BCUT2D eigenvalue weighted by Gasteiger charge is 2.28. The summed E-state index contributed by atoms with van der Waals surface area (Å²) in [5.41, 5.74) is 1.95. The van der Waals surface area contributed by atoms with E-state index in [9.17, 15) is 4.79 Å². The topological polar surface area (TPSA) is 29.5 Å². The lowest BCUT2D eigenvalue weighted by atomic mass is 10.2. The van der Waals surface area contributed by atoms with Crippen molar-refractivity contribution in [2.75, 3.05) is 11.4 Å². The largest absolute Gasteiger partial charge is 0.457 e. The van der Waals surface area contributed by atoms with E-state index in [1.807, 2.05) is 55.5 Å². The first-order valence-corrected chi connectivity index (χ1v) is 7.35. The van der Waals surface area contributed by atoms with Gasteiger partial charge in [0.05, 0.1) is 5.38 Å². The van der Waals surface area contributed by atoms with Crippen LogP contribution in [0.15, 0.2) is 48.5 Å². The van der Waals surface area contributed by atoms with Crippen molar-refractivity contribution in [2.24, 2.45) is 0 Å². The second-order valence-corrected chi connectivity index (χ2v) is 5.78.